The standard InChI is InChI=1S/C31H36F3NO9S/c1-24-9-11-27(12-10-24)45(37,38)44-22-20-42-18-16-40-14-13-39-15-17-41-19-21-43-30(36)28-7-2-3-8-29(28)35-26-6-4-5-25(23-26)31(32,33)34/h2-12,23,35H,13-22H2,1H3. The molecule has 0 bridgehead atoms. The fourth-order valence-electron chi connectivity index (χ4n) is 3.71. The quantitative estimate of drug-likeness (QED) is 0.0965. The van der Waals surface area contributed by atoms with Gasteiger partial charge in [0.2, 0.25) is 0 Å². The summed E-state index contributed by atoms with van der Waals surface area (Å²) in [6, 6.07) is 17.4. The van der Waals surface area contributed by atoms with Gasteiger partial charge in [-0.3, -0.25) is 4.18 Å². The summed E-state index contributed by atoms with van der Waals surface area (Å²) in [6.45, 7) is 3.73. The van der Waals surface area contributed by atoms with Gasteiger partial charge in [-0.05, 0) is 49.4 Å². The minimum Gasteiger partial charge on any atom is -0.460 e. The maximum absolute atomic E-state index is 13.0. The van der Waals surface area contributed by atoms with Crippen molar-refractivity contribution in [1.82, 2.24) is 0 Å². The molecule has 45 heavy (non-hydrogen) atoms. The first kappa shape index (κ1) is 35.9. The molecule has 0 heterocycles. The van der Waals surface area contributed by atoms with Crippen molar-refractivity contribution >= 4 is 27.5 Å². The van der Waals surface area contributed by atoms with Crippen molar-refractivity contribution < 1.29 is 54.3 Å². The summed E-state index contributed by atoms with van der Waals surface area (Å²) in [6.07, 6.45) is -4.49. The second-order valence-electron chi connectivity index (χ2n) is 9.42. The molecule has 0 aliphatic carbocycles. The monoisotopic (exact) mass is 655 g/mol. The molecule has 14 heteroatoms. The molecule has 0 aliphatic heterocycles. The smallest absolute Gasteiger partial charge is 0.416 e. The molecule has 10 nitrogen and oxygen atoms in total. The molecule has 0 unspecified atom stereocenters. The highest BCUT2D eigenvalue weighted by molar-refractivity contribution is 7.86. The van der Waals surface area contributed by atoms with Gasteiger partial charge >= 0.3 is 12.1 Å². The maximum Gasteiger partial charge on any atom is 0.416 e. The van der Waals surface area contributed by atoms with E-state index in [0.717, 1.165) is 17.7 Å². The van der Waals surface area contributed by atoms with Crippen LogP contribution in [0.3, 0.4) is 0 Å². The molecule has 3 rings (SSSR count). The Kier molecular flexibility index (Phi) is 14.7. The summed E-state index contributed by atoms with van der Waals surface area (Å²) in [5.41, 5.74) is 0.805. The van der Waals surface area contributed by atoms with Gasteiger partial charge in [0.25, 0.3) is 10.1 Å². The fourth-order valence-corrected chi connectivity index (χ4v) is 4.60. The summed E-state index contributed by atoms with van der Waals surface area (Å²) >= 11 is 0. The molecule has 3 aromatic carbocycles. The molecule has 0 aliphatic rings. The lowest BCUT2D eigenvalue weighted by atomic mass is 10.1. The van der Waals surface area contributed by atoms with Crippen molar-refractivity contribution in [2.45, 2.75) is 18.0 Å². The van der Waals surface area contributed by atoms with Crippen LogP contribution in [-0.2, 0) is 44.2 Å². The van der Waals surface area contributed by atoms with E-state index in [0.29, 0.717) is 32.1 Å². The zero-order chi connectivity index (χ0) is 32.5. The van der Waals surface area contributed by atoms with Crippen LogP contribution in [0.4, 0.5) is 24.5 Å². The lowest BCUT2D eigenvalue weighted by Crippen LogP contribution is -2.16. The minimum atomic E-state index is -4.49. The largest absolute Gasteiger partial charge is 0.460 e. The molecule has 3 aromatic rings. The summed E-state index contributed by atoms with van der Waals surface area (Å²) in [7, 11) is -3.82. The number of rotatable bonds is 20. The van der Waals surface area contributed by atoms with E-state index in [-0.39, 0.29) is 55.8 Å². The summed E-state index contributed by atoms with van der Waals surface area (Å²) < 4.78 is 94.9. The summed E-state index contributed by atoms with van der Waals surface area (Å²) in [4.78, 5) is 12.6. The first-order valence-corrected chi connectivity index (χ1v) is 15.4. The van der Waals surface area contributed by atoms with Crippen LogP contribution in [0.5, 0.6) is 0 Å². The predicted octanol–water partition coefficient (Wildman–Crippen LogP) is 5.39. The maximum atomic E-state index is 13.0. The highest BCUT2D eigenvalue weighted by Crippen LogP contribution is 2.32. The Labute approximate surface area is 260 Å². The van der Waals surface area contributed by atoms with E-state index in [2.05, 4.69) is 5.32 Å². The average Bonchev–Trinajstić information content (AvgIpc) is 3.01. The van der Waals surface area contributed by atoms with E-state index in [1.807, 2.05) is 6.92 Å². The van der Waals surface area contributed by atoms with E-state index in [1.54, 1.807) is 30.3 Å². The van der Waals surface area contributed by atoms with Crippen LogP contribution in [0.1, 0.15) is 21.5 Å². The van der Waals surface area contributed by atoms with Crippen LogP contribution in [-0.4, -0.2) is 80.5 Å². The van der Waals surface area contributed by atoms with Crippen LogP contribution in [0, 0.1) is 6.92 Å². The Morgan fingerprint density at radius 2 is 1.27 bits per heavy atom. The van der Waals surface area contributed by atoms with Crippen molar-refractivity contribution in [1.29, 1.82) is 0 Å². The third-order valence-corrected chi connectivity index (χ3v) is 7.30. The predicted molar refractivity (Wildman–Crippen MR) is 159 cm³/mol. The Bertz CT molecular complexity index is 1430. The number of alkyl halides is 3. The zero-order valence-electron chi connectivity index (χ0n) is 24.7. The van der Waals surface area contributed by atoms with Crippen LogP contribution >= 0.6 is 0 Å². The molecule has 0 radical (unpaired) electrons. The van der Waals surface area contributed by atoms with Gasteiger partial charge < -0.3 is 29.0 Å². The summed E-state index contributed by atoms with van der Waals surface area (Å²) in [5.74, 6) is -0.647. The lowest BCUT2D eigenvalue weighted by molar-refractivity contribution is -0.137. The lowest BCUT2D eigenvalue weighted by Gasteiger charge is -2.13. The van der Waals surface area contributed by atoms with Gasteiger partial charge in [-0.15, -0.1) is 0 Å². The number of carbonyl (C=O) groups excluding carboxylic acids is 1. The van der Waals surface area contributed by atoms with Gasteiger partial charge in [0, 0.05) is 5.69 Å². The van der Waals surface area contributed by atoms with Crippen molar-refractivity contribution in [3.8, 4) is 0 Å². The molecular formula is C31H36F3NO9S. The molecule has 0 fully saturated rings. The normalized spacial score (nSPS) is 11.8. The zero-order valence-corrected chi connectivity index (χ0v) is 25.5. The van der Waals surface area contributed by atoms with Gasteiger partial charge in [-0.2, -0.15) is 21.6 Å². The Morgan fingerprint density at radius 3 is 1.87 bits per heavy atom. The van der Waals surface area contributed by atoms with Crippen LogP contribution in [0.2, 0.25) is 0 Å². The average molecular weight is 656 g/mol. The van der Waals surface area contributed by atoms with Crippen LogP contribution in [0.15, 0.2) is 77.7 Å². The molecule has 0 spiro atoms. The Hall–Kier alpha value is -3.53. The van der Waals surface area contributed by atoms with Crippen molar-refractivity contribution in [2.75, 3.05) is 71.4 Å². The number of carbonyl (C=O) groups is 1. The van der Waals surface area contributed by atoms with E-state index in [9.17, 15) is 26.4 Å². The first-order valence-electron chi connectivity index (χ1n) is 14.0. The molecule has 1 N–H and O–H groups in total. The summed E-state index contributed by atoms with van der Waals surface area (Å²) in [5, 5.41) is 2.84. The number of esters is 1. The number of benzene rings is 3. The number of halogens is 3. The van der Waals surface area contributed by atoms with E-state index < -0.39 is 27.8 Å². The minimum absolute atomic E-state index is 0.0250. The fraction of sp³-hybridized carbons (Fsp3) is 0.387. The molecule has 246 valence electrons. The van der Waals surface area contributed by atoms with Gasteiger partial charge in [-0.25, -0.2) is 4.79 Å². The third-order valence-electron chi connectivity index (χ3n) is 5.97. The second kappa shape index (κ2) is 18.4. The SMILES string of the molecule is Cc1ccc(S(=O)(=O)OCCOCCOCCOCCOCCOC(=O)c2ccccc2Nc2cccc(C(F)(F)F)c2)cc1. The van der Waals surface area contributed by atoms with Crippen molar-refractivity contribution in [2.24, 2.45) is 0 Å². The van der Waals surface area contributed by atoms with E-state index >= 15 is 0 Å². The van der Waals surface area contributed by atoms with E-state index in [4.69, 9.17) is 27.9 Å². The van der Waals surface area contributed by atoms with Crippen LogP contribution < -0.4 is 5.32 Å². The number of anilines is 2. The second-order valence-corrected chi connectivity index (χ2v) is 11.0. The number of aryl methyl sites for hydroxylation is 1. The van der Waals surface area contributed by atoms with Gasteiger partial charge in [0.15, 0.2) is 0 Å². The highest BCUT2D eigenvalue weighted by Gasteiger charge is 2.30. The molecule has 0 saturated carbocycles. The topological polar surface area (TPSA) is 119 Å². The Balaban J connectivity index is 1.18. The number of para-hydroxylation sites is 1. The number of hydrogen-bond acceptors (Lipinski definition) is 10. The van der Waals surface area contributed by atoms with Gasteiger partial charge in [0.05, 0.1) is 81.2 Å². The highest BCUT2D eigenvalue weighted by atomic mass is 32.2. The molecule has 0 saturated heterocycles. The van der Waals surface area contributed by atoms with Crippen molar-refractivity contribution in [3.05, 3.63) is 89.5 Å². The van der Waals surface area contributed by atoms with Gasteiger partial charge in [-0.1, -0.05) is 35.9 Å². The number of hydrogen-bond donors (Lipinski definition) is 1. The Morgan fingerprint density at radius 1 is 0.711 bits per heavy atom. The van der Waals surface area contributed by atoms with E-state index in [1.165, 1.54) is 30.3 Å². The van der Waals surface area contributed by atoms with Crippen molar-refractivity contribution in [3.63, 3.8) is 0 Å². The molecule has 0 aromatic heterocycles. The molecule has 0 amide bonds. The third kappa shape index (κ3) is 13.2. The first-order chi connectivity index (χ1) is 21.6. The van der Waals surface area contributed by atoms with Gasteiger partial charge in [0.1, 0.15) is 6.61 Å². The number of nitrogens with one attached hydrogen (secondary N) is 1. The number of ether oxygens (including phenoxy) is 5. The molecular weight excluding hydrogens is 619 g/mol. The molecule has 0 atom stereocenters. The van der Waals surface area contributed by atoms with Crippen LogP contribution in [0.25, 0.3) is 0 Å².